The molecule has 0 fully saturated rings. The van der Waals surface area contributed by atoms with Crippen LogP contribution in [0, 0.1) is 24.4 Å². The summed E-state index contributed by atoms with van der Waals surface area (Å²) in [6, 6.07) is 6.63. The van der Waals surface area contributed by atoms with E-state index in [-0.39, 0.29) is 17.9 Å². The second-order valence-electron chi connectivity index (χ2n) is 5.89. The number of carbonyl (C=O) groups excluding carboxylic acids is 1. The van der Waals surface area contributed by atoms with Crippen LogP contribution in [-0.4, -0.2) is 12.5 Å². The molecule has 2 aromatic carbocycles. The fraction of sp³-hybridized carbons (Fsp3) is 0.250. The van der Waals surface area contributed by atoms with Crippen LogP contribution in [0.1, 0.15) is 30.0 Å². The van der Waals surface area contributed by atoms with Crippen molar-refractivity contribution in [3.05, 3.63) is 70.5 Å². The molecule has 0 atom stereocenters. The Labute approximate surface area is 150 Å². The number of halogens is 3. The molecule has 0 saturated heterocycles. The quantitative estimate of drug-likeness (QED) is 0.709. The van der Waals surface area contributed by atoms with Crippen molar-refractivity contribution in [2.24, 2.45) is 0 Å². The van der Waals surface area contributed by atoms with Crippen LogP contribution >= 0.6 is 0 Å². The van der Waals surface area contributed by atoms with Gasteiger partial charge in [0.1, 0.15) is 17.5 Å². The molecular weight excluding hydrogens is 341 g/mol. The first-order valence-corrected chi connectivity index (χ1v) is 8.34. The van der Waals surface area contributed by atoms with Gasteiger partial charge in [0, 0.05) is 30.4 Å². The van der Waals surface area contributed by atoms with Crippen LogP contribution in [0.15, 0.2) is 36.4 Å². The van der Waals surface area contributed by atoms with Crippen molar-refractivity contribution in [2.45, 2.75) is 26.8 Å². The maximum atomic E-state index is 13.5. The minimum atomic E-state index is -0.650. The number of benzene rings is 2. The van der Waals surface area contributed by atoms with E-state index < -0.39 is 17.5 Å². The predicted octanol–water partition coefficient (Wildman–Crippen LogP) is 4.56. The Morgan fingerprint density at radius 1 is 1.12 bits per heavy atom. The lowest BCUT2D eigenvalue weighted by Crippen LogP contribution is -2.20. The van der Waals surface area contributed by atoms with E-state index in [4.69, 9.17) is 0 Å². The predicted molar refractivity (Wildman–Crippen MR) is 97.2 cm³/mol. The Morgan fingerprint density at radius 3 is 2.46 bits per heavy atom. The summed E-state index contributed by atoms with van der Waals surface area (Å²) in [4.78, 5) is 11.9. The third-order valence-corrected chi connectivity index (χ3v) is 3.80. The molecule has 0 aliphatic heterocycles. The molecule has 1 amide bonds. The molecule has 0 aliphatic carbocycles. The van der Waals surface area contributed by atoms with Gasteiger partial charge in [0.25, 0.3) is 0 Å². The number of anilines is 1. The first kappa shape index (κ1) is 19.6. The number of hydrogen-bond acceptors (Lipinski definition) is 2. The lowest BCUT2D eigenvalue weighted by molar-refractivity contribution is -0.116. The second kappa shape index (κ2) is 9.08. The minimum absolute atomic E-state index is 0.00164. The zero-order chi connectivity index (χ0) is 19.1. The Balaban J connectivity index is 2.01. The first-order chi connectivity index (χ1) is 12.4. The van der Waals surface area contributed by atoms with Crippen molar-refractivity contribution in [1.29, 1.82) is 0 Å². The van der Waals surface area contributed by atoms with Gasteiger partial charge >= 0.3 is 0 Å². The summed E-state index contributed by atoms with van der Waals surface area (Å²) in [7, 11) is 0. The lowest BCUT2D eigenvalue weighted by Gasteiger charge is -2.09. The summed E-state index contributed by atoms with van der Waals surface area (Å²) >= 11 is 0. The first-order valence-electron chi connectivity index (χ1n) is 8.34. The minimum Gasteiger partial charge on any atom is -0.384 e. The summed E-state index contributed by atoms with van der Waals surface area (Å²) in [5, 5.41) is 5.66. The zero-order valence-corrected chi connectivity index (χ0v) is 14.7. The normalized spacial score (nSPS) is 11.0. The van der Waals surface area contributed by atoms with Gasteiger partial charge in [-0.15, -0.1) is 0 Å². The van der Waals surface area contributed by atoms with Crippen LogP contribution in [0.25, 0.3) is 6.08 Å². The molecule has 0 bridgehead atoms. The van der Waals surface area contributed by atoms with Crippen LogP contribution < -0.4 is 10.6 Å². The zero-order valence-electron chi connectivity index (χ0n) is 14.7. The molecule has 26 heavy (non-hydrogen) atoms. The number of amides is 1. The standard InChI is InChI=1S/C20H21F3N2O/c1-3-8-24-19-11-16(21)6-4-15(19)5-7-20(26)25-12-14-9-17(22)13(2)18(23)10-14/h4-7,9-11,24H,3,8,12H2,1-2H3,(H,25,26)/b7-5+. The summed E-state index contributed by atoms with van der Waals surface area (Å²) in [6.07, 6.45) is 3.73. The van der Waals surface area contributed by atoms with E-state index in [1.807, 2.05) is 6.92 Å². The van der Waals surface area contributed by atoms with Crippen molar-refractivity contribution < 1.29 is 18.0 Å². The SMILES string of the molecule is CCCNc1cc(F)ccc1/C=C/C(=O)NCc1cc(F)c(C)c(F)c1. The van der Waals surface area contributed by atoms with Crippen molar-refractivity contribution >= 4 is 17.7 Å². The average Bonchev–Trinajstić information content (AvgIpc) is 2.61. The summed E-state index contributed by atoms with van der Waals surface area (Å²) in [6.45, 7) is 4.03. The third-order valence-electron chi connectivity index (χ3n) is 3.80. The number of nitrogens with one attached hydrogen (secondary N) is 2. The molecule has 0 heterocycles. The molecule has 2 rings (SSSR count). The number of hydrogen-bond donors (Lipinski definition) is 2. The Morgan fingerprint density at radius 2 is 1.81 bits per heavy atom. The maximum Gasteiger partial charge on any atom is 0.244 e. The van der Waals surface area contributed by atoms with Crippen LogP contribution in [0.2, 0.25) is 0 Å². The molecule has 3 nitrogen and oxygen atoms in total. The molecular formula is C20H21F3N2O. The molecule has 0 aliphatic rings. The van der Waals surface area contributed by atoms with Gasteiger partial charge in [0.2, 0.25) is 5.91 Å². The Bertz CT molecular complexity index is 796. The van der Waals surface area contributed by atoms with E-state index in [2.05, 4.69) is 10.6 Å². The number of rotatable bonds is 7. The second-order valence-corrected chi connectivity index (χ2v) is 5.89. The molecule has 0 unspecified atom stereocenters. The smallest absolute Gasteiger partial charge is 0.244 e. The fourth-order valence-corrected chi connectivity index (χ4v) is 2.30. The van der Waals surface area contributed by atoms with Gasteiger partial charge in [-0.3, -0.25) is 4.79 Å². The lowest BCUT2D eigenvalue weighted by atomic mass is 10.1. The van der Waals surface area contributed by atoms with Crippen molar-refractivity contribution in [2.75, 3.05) is 11.9 Å². The highest BCUT2D eigenvalue weighted by molar-refractivity contribution is 5.92. The fourth-order valence-electron chi connectivity index (χ4n) is 2.30. The molecule has 6 heteroatoms. The van der Waals surface area contributed by atoms with E-state index in [0.717, 1.165) is 6.42 Å². The highest BCUT2D eigenvalue weighted by atomic mass is 19.1. The molecule has 0 saturated carbocycles. The topological polar surface area (TPSA) is 41.1 Å². The Hall–Kier alpha value is -2.76. The van der Waals surface area contributed by atoms with E-state index >= 15 is 0 Å². The highest BCUT2D eigenvalue weighted by Crippen LogP contribution is 2.19. The largest absolute Gasteiger partial charge is 0.384 e. The van der Waals surface area contributed by atoms with Crippen molar-refractivity contribution in [3.63, 3.8) is 0 Å². The van der Waals surface area contributed by atoms with Crippen LogP contribution in [0.5, 0.6) is 0 Å². The Kier molecular flexibility index (Phi) is 6.83. The third kappa shape index (κ3) is 5.37. The van der Waals surface area contributed by atoms with Crippen LogP contribution in [-0.2, 0) is 11.3 Å². The van der Waals surface area contributed by atoms with Gasteiger partial charge in [0.15, 0.2) is 0 Å². The molecule has 0 spiro atoms. The highest BCUT2D eigenvalue weighted by Gasteiger charge is 2.07. The summed E-state index contributed by atoms with van der Waals surface area (Å²) in [5.41, 5.74) is 1.55. The van der Waals surface area contributed by atoms with Gasteiger partial charge in [-0.05, 0) is 60.9 Å². The van der Waals surface area contributed by atoms with Gasteiger partial charge in [-0.1, -0.05) is 6.92 Å². The van der Waals surface area contributed by atoms with Crippen LogP contribution in [0.3, 0.4) is 0 Å². The van der Waals surface area contributed by atoms with E-state index in [0.29, 0.717) is 23.4 Å². The monoisotopic (exact) mass is 362 g/mol. The van der Waals surface area contributed by atoms with Gasteiger partial charge in [-0.25, -0.2) is 13.2 Å². The van der Waals surface area contributed by atoms with Crippen molar-refractivity contribution in [3.8, 4) is 0 Å². The average molecular weight is 362 g/mol. The van der Waals surface area contributed by atoms with Crippen molar-refractivity contribution in [1.82, 2.24) is 5.32 Å². The summed E-state index contributed by atoms with van der Waals surface area (Å²) < 4.78 is 40.4. The van der Waals surface area contributed by atoms with E-state index in [1.165, 1.54) is 37.3 Å². The molecule has 0 radical (unpaired) electrons. The van der Waals surface area contributed by atoms with Gasteiger partial charge in [-0.2, -0.15) is 0 Å². The molecule has 2 aromatic rings. The molecule has 2 N–H and O–H groups in total. The summed E-state index contributed by atoms with van der Waals surface area (Å²) in [5.74, 6) is -2.09. The van der Waals surface area contributed by atoms with Crippen LogP contribution in [0.4, 0.5) is 18.9 Å². The maximum absolute atomic E-state index is 13.5. The van der Waals surface area contributed by atoms with E-state index in [1.54, 1.807) is 12.1 Å². The molecule has 138 valence electrons. The number of carbonyl (C=O) groups is 1. The van der Waals surface area contributed by atoms with Gasteiger partial charge < -0.3 is 10.6 Å². The molecule has 0 aromatic heterocycles. The van der Waals surface area contributed by atoms with E-state index in [9.17, 15) is 18.0 Å². The van der Waals surface area contributed by atoms with Gasteiger partial charge in [0.05, 0.1) is 0 Å².